The van der Waals surface area contributed by atoms with Crippen LogP contribution in [0, 0.1) is 17.7 Å². The fourth-order valence-corrected chi connectivity index (χ4v) is 2.56. The second kappa shape index (κ2) is 5.07. The van der Waals surface area contributed by atoms with Gasteiger partial charge in [0.1, 0.15) is 5.82 Å². The van der Waals surface area contributed by atoms with E-state index in [9.17, 15) is 9.18 Å². The van der Waals surface area contributed by atoms with Crippen molar-refractivity contribution >= 4 is 17.3 Å². The number of aromatic carboxylic acids is 1. The Labute approximate surface area is 112 Å². The van der Waals surface area contributed by atoms with Gasteiger partial charge in [0.05, 0.1) is 11.3 Å². The Morgan fingerprint density at radius 3 is 2.74 bits per heavy atom. The van der Waals surface area contributed by atoms with Crippen LogP contribution < -0.4 is 10.6 Å². The molecule has 1 atom stereocenters. The zero-order valence-corrected chi connectivity index (χ0v) is 11.2. The van der Waals surface area contributed by atoms with Crippen LogP contribution in [0.1, 0.15) is 30.6 Å². The molecular formula is C14H19FN2O2. The third kappa shape index (κ3) is 2.64. The van der Waals surface area contributed by atoms with Crippen LogP contribution in [0.4, 0.5) is 15.8 Å². The fourth-order valence-electron chi connectivity index (χ4n) is 2.56. The van der Waals surface area contributed by atoms with Crippen molar-refractivity contribution in [3.8, 4) is 0 Å². The number of rotatable bonds is 3. The first kappa shape index (κ1) is 13.6. The van der Waals surface area contributed by atoms with Crippen LogP contribution in [0.3, 0.4) is 0 Å². The normalized spacial score (nSPS) is 19.2. The maximum Gasteiger partial charge on any atom is 0.337 e. The second-order valence-corrected chi connectivity index (χ2v) is 5.43. The number of nitrogens with two attached hydrogens (primary N) is 1. The quantitative estimate of drug-likeness (QED) is 0.825. The minimum atomic E-state index is -1.13. The molecule has 1 aliphatic heterocycles. The number of carboxylic acid groups (broad SMARTS) is 1. The maximum absolute atomic E-state index is 14.0. The lowest BCUT2D eigenvalue weighted by Crippen LogP contribution is -2.23. The first-order chi connectivity index (χ1) is 8.90. The van der Waals surface area contributed by atoms with Crippen LogP contribution in [-0.4, -0.2) is 24.2 Å². The summed E-state index contributed by atoms with van der Waals surface area (Å²) >= 11 is 0. The lowest BCUT2D eigenvalue weighted by atomic mass is 9.95. The summed E-state index contributed by atoms with van der Waals surface area (Å²) in [6, 6.07) is 2.44. The van der Waals surface area contributed by atoms with Crippen molar-refractivity contribution in [2.24, 2.45) is 11.8 Å². The van der Waals surface area contributed by atoms with Gasteiger partial charge in [-0.1, -0.05) is 13.8 Å². The van der Waals surface area contributed by atoms with Gasteiger partial charge in [-0.25, -0.2) is 9.18 Å². The van der Waals surface area contributed by atoms with E-state index in [0.29, 0.717) is 17.5 Å². The molecule has 4 nitrogen and oxygen atoms in total. The fraction of sp³-hybridized carbons (Fsp3) is 0.500. The third-order valence-corrected chi connectivity index (χ3v) is 3.86. The number of nitrogens with zero attached hydrogens (tertiary/aromatic N) is 1. The smallest absolute Gasteiger partial charge is 0.337 e. The predicted molar refractivity (Wildman–Crippen MR) is 72.9 cm³/mol. The largest absolute Gasteiger partial charge is 0.478 e. The Hall–Kier alpha value is -1.78. The minimum Gasteiger partial charge on any atom is -0.478 e. The average Bonchev–Trinajstić information content (AvgIpc) is 2.77. The van der Waals surface area contributed by atoms with Gasteiger partial charge in [0.15, 0.2) is 0 Å². The topological polar surface area (TPSA) is 66.6 Å². The number of carboxylic acids is 1. The highest BCUT2D eigenvalue weighted by Crippen LogP contribution is 2.32. The molecule has 0 bridgehead atoms. The first-order valence-corrected chi connectivity index (χ1v) is 6.47. The third-order valence-electron chi connectivity index (χ3n) is 3.86. The molecule has 1 aliphatic rings. The molecular weight excluding hydrogens is 247 g/mol. The van der Waals surface area contributed by atoms with Crippen molar-refractivity contribution in [2.45, 2.75) is 20.3 Å². The molecule has 1 aromatic rings. The van der Waals surface area contributed by atoms with Gasteiger partial charge in [-0.05, 0) is 30.4 Å². The molecule has 3 N–H and O–H groups in total. The zero-order valence-electron chi connectivity index (χ0n) is 11.2. The van der Waals surface area contributed by atoms with Crippen LogP contribution in [0.15, 0.2) is 12.1 Å². The molecule has 104 valence electrons. The summed E-state index contributed by atoms with van der Waals surface area (Å²) in [5.41, 5.74) is 5.80. The minimum absolute atomic E-state index is 0.0339. The van der Waals surface area contributed by atoms with Gasteiger partial charge in [0.25, 0.3) is 0 Å². The lowest BCUT2D eigenvalue weighted by molar-refractivity contribution is 0.0698. The molecule has 5 heteroatoms. The maximum atomic E-state index is 14.0. The van der Waals surface area contributed by atoms with Crippen molar-refractivity contribution in [3.63, 3.8) is 0 Å². The van der Waals surface area contributed by atoms with Gasteiger partial charge in [-0.15, -0.1) is 0 Å². The Morgan fingerprint density at radius 1 is 1.53 bits per heavy atom. The van der Waals surface area contributed by atoms with Crippen molar-refractivity contribution in [2.75, 3.05) is 23.7 Å². The number of benzene rings is 1. The van der Waals surface area contributed by atoms with Crippen LogP contribution in [-0.2, 0) is 0 Å². The molecule has 0 radical (unpaired) electrons. The van der Waals surface area contributed by atoms with E-state index < -0.39 is 11.8 Å². The molecule has 0 aromatic heterocycles. The summed E-state index contributed by atoms with van der Waals surface area (Å²) < 4.78 is 14.0. The number of carbonyl (C=O) groups is 1. The molecule has 0 spiro atoms. The first-order valence-electron chi connectivity index (χ1n) is 6.47. The van der Waals surface area contributed by atoms with Crippen molar-refractivity contribution in [3.05, 3.63) is 23.5 Å². The molecule has 1 heterocycles. The van der Waals surface area contributed by atoms with E-state index in [1.807, 2.05) is 4.90 Å². The molecule has 1 fully saturated rings. The summed E-state index contributed by atoms with van der Waals surface area (Å²) in [5.74, 6) is -0.517. The number of nitrogen functional groups attached to an aromatic ring is 1. The summed E-state index contributed by atoms with van der Waals surface area (Å²) in [6.07, 6.45) is 1.00. The summed E-state index contributed by atoms with van der Waals surface area (Å²) in [6.45, 7) is 5.81. The van der Waals surface area contributed by atoms with Crippen molar-refractivity contribution in [1.82, 2.24) is 0 Å². The predicted octanol–water partition coefficient (Wildman–Crippen LogP) is 2.59. The van der Waals surface area contributed by atoms with Gasteiger partial charge in [-0.2, -0.15) is 0 Å². The molecule has 1 aromatic carbocycles. The standard InChI is InChI=1S/C14H19FN2O2/c1-8(2)9-3-4-17(7-9)13-5-10(14(18)19)12(16)6-11(13)15/h5-6,8-9H,3-4,7,16H2,1-2H3,(H,18,19). The molecule has 0 saturated carbocycles. The van der Waals surface area contributed by atoms with Crippen LogP contribution in [0.5, 0.6) is 0 Å². The molecule has 1 unspecified atom stereocenters. The van der Waals surface area contributed by atoms with Gasteiger partial charge in [-0.3, -0.25) is 0 Å². The molecule has 0 amide bonds. The second-order valence-electron chi connectivity index (χ2n) is 5.43. The number of anilines is 2. The Balaban J connectivity index is 2.30. The molecule has 1 saturated heterocycles. The Morgan fingerprint density at radius 2 is 2.21 bits per heavy atom. The number of hydrogen-bond acceptors (Lipinski definition) is 3. The number of halogens is 1. The monoisotopic (exact) mass is 266 g/mol. The van der Waals surface area contributed by atoms with Crippen LogP contribution >= 0.6 is 0 Å². The van der Waals surface area contributed by atoms with Crippen molar-refractivity contribution in [1.29, 1.82) is 0 Å². The van der Waals surface area contributed by atoms with Gasteiger partial charge in [0, 0.05) is 18.8 Å². The van der Waals surface area contributed by atoms with E-state index in [-0.39, 0.29) is 11.3 Å². The average molecular weight is 266 g/mol. The number of hydrogen-bond donors (Lipinski definition) is 2. The van der Waals surface area contributed by atoms with E-state index in [4.69, 9.17) is 10.8 Å². The van der Waals surface area contributed by atoms with E-state index in [0.717, 1.165) is 25.6 Å². The van der Waals surface area contributed by atoms with E-state index in [2.05, 4.69) is 13.8 Å². The van der Waals surface area contributed by atoms with Crippen LogP contribution in [0.2, 0.25) is 0 Å². The molecule has 19 heavy (non-hydrogen) atoms. The highest BCUT2D eigenvalue weighted by Gasteiger charge is 2.27. The highest BCUT2D eigenvalue weighted by molar-refractivity contribution is 5.95. The molecule has 2 rings (SSSR count). The van der Waals surface area contributed by atoms with E-state index in [1.165, 1.54) is 6.07 Å². The van der Waals surface area contributed by atoms with E-state index >= 15 is 0 Å². The molecule has 0 aliphatic carbocycles. The Bertz CT molecular complexity index is 502. The summed E-state index contributed by atoms with van der Waals surface area (Å²) in [5, 5.41) is 9.04. The van der Waals surface area contributed by atoms with Gasteiger partial charge >= 0.3 is 5.97 Å². The SMILES string of the molecule is CC(C)C1CCN(c2cc(C(=O)O)c(N)cc2F)C1. The highest BCUT2D eigenvalue weighted by atomic mass is 19.1. The van der Waals surface area contributed by atoms with Crippen molar-refractivity contribution < 1.29 is 14.3 Å². The summed E-state index contributed by atoms with van der Waals surface area (Å²) in [4.78, 5) is 13.0. The van der Waals surface area contributed by atoms with Gasteiger partial charge < -0.3 is 15.7 Å². The Kier molecular flexibility index (Phi) is 3.64. The van der Waals surface area contributed by atoms with E-state index in [1.54, 1.807) is 0 Å². The van der Waals surface area contributed by atoms with Crippen LogP contribution in [0.25, 0.3) is 0 Å². The van der Waals surface area contributed by atoms with Gasteiger partial charge in [0.2, 0.25) is 0 Å². The lowest BCUT2D eigenvalue weighted by Gasteiger charge is -2.21. The zero-order chi connectivity index (χ0) is 14.2. The summed E-state index contributed by atoms with van der Waals surface area (Å²) in [7, 11) is 0.